The average Bonchev–Trinajstić information content (AvgIpc) is 3.63. The molecule has 1 N–H and O–H groups in total. The molecule has 1 amide bonds. The Balaban J connectivity index is 1.16. The van der Waals surface area contributed by atoms with Gasteiger partial charge >= 0.3 is 0 Å². The molecule has 0 fully saturated rings. The smallest absolute Gasteiger partial charge is 0.227 e. The molecule has 1 unspecified atom stereocenters. The van der Waals surface area contributed by atoms with Crippen molar-refractivity contribution in [2.75, 3.05) is 19.6 Å². The monoisotopic (exact) mass is 719 g/mol. The normalized spacial score (nSPS) is 15.5. The first-order chi connectivity index (χ1) is 24.9. The summed E-state index contributed by atoms with van der Waals surface area (Å²) in [7, 11) is 0. The van der Waals surface area contributed by atoms with Gasteiger partial charge in [0.05, 0.1) is 24.4 Å². The number of allylic oxidation sites excluding steroid dienone is 9. The second kappa shape index (κ2) is 19.7. The van der Waals surface area contributed by atoms with Gasteiger partial charge in [0.2, 0.25) is 5.91 Å². The SMILES string of the molecule is C=C(CN(CCC)C(=O)Cc1ccccc1)SC(=CC)C1=CC=C(C2=CC=C(c3cnc(CN(CCC)C(O)Cc4ccccc4)s3)CC2)CC1. The van der Waals surface area contributed by atoms with E-state index in [0.717, 1.165) is 72.7 Å². The Morgan fingerprint density at radius 3 is 2.14 bits per heavy atom. The lowest BCUT2D eigenvalue weighted by Gasteiger charge is -2.26. The zero-order chi connectivity index (χ0) is 36.0. The number of benzene rings is 2. The first-order valence-electron chi connectivity index (χ1n) is 18.4. The lowest BCUT2D eigenvalue weighted by Crippen LogP contribution is -2.36. The number of carbonyl (C=O) groups excluding carboxylic acids is 1. The summed E-state index contributed by atoms with van der Waals surface area (Å²) in [4.78, 5) is 25.4. The second-order valence-corrected chi connectivity index (χ2v) is 15.6. The zero-order valence-electron chi connectivity index (χ0n) is 30.5. The van der Waals surface area contributed by atoms with Crippen molar-refractivity contribution in [1.82, 2.24) is 14.8 Å². The van der Waals surface area contributed by atoms with Gasteiger partial charge in [-0.25, -0.2) is 4.98 Å². The molecule has 5 rings (SSSR count). The first kappa shape index (κ1) is 38.5. The highest BCUT2D eigenvalue weighted by Crippen LogP contribution is 2.39. The molecular formula is C44H53N3O2S2. The van der Waals surface area contributed by atoms with Crippen LogP contribution in [0.5, 0.6) is 0 Å². The topological polar surface area (TPSA) is 56.7 Å². The van der Waals surface area contributed by atoms with Crippen molar-refractivity contribution in [3.63, 3.8) is 0 Å². The highest BCUT2D eigenvalue weighted by atomic mass is 32.2. The van der Waals surface area contributed by atoms with E-state index in [9.17, 15) is 9.90 Å². The van der Waals surface area contributed by atoms with E-state index in [4.69, 9.17) is 4.98 Å². The minimum absolute atomic E-state index is 0.151. The molecule has 51 heavy (non-hydrogen) atoms. The summed E-state index contributed by atoms with van der Waals surface area (Å²) in [5.74, 6) is 0.151. The van der Waals surface area contributed by atoms with E-state index in [0.29, 0.717) is 25.9 Å². The van der Waals surface area contributed by atoms with E-state index in [1.807, 2.05) is 59.6 Å². The molecule has 268 valence electrons. The molecule has 2 aromatic carbocycles. The van der Waals surface area contributed by atoms with Crippen LogP contribution in [-0.2, 0) is 24.2 Å². The third kappa shape index (κ3) is 11.4. The Labute approximate surface area is 313 Å². The number of aliphatic hydroxyl groups excluding tert-OH is 1. The number of hydrogen-bond donors (Lipinski definition) is 1. The fourth-order valence-corrected chi connectivity index (χ4v) is 8.60. The number of rotatable bonds is 18. The highest BCUT2D eigenvalue weighted by Gasteiger charge is 2.21. The van der Waals surface area contributed by atoms with E-state index in [1.165, 1.54) is 32.1 Å². The van der Waals surface area contributed by atoms with Crippen LogP contribution in [0.25, 0.3) is 5.57 Å². The standard InChI is InChI=1S/C44H53N3O2S2/c1-5-26-46(43(48)28-34-14-10-8-11-15-34)31-33(4)50-40(7-3)38-22-18-36(19-23-38)37-20-24-39(25-21-37)41-30-45-42(51-41)32-47(27-6-2)44(49)29-35-16-12-9-13-17-35/h7-18,20,22,24,30,44,49H,4-6,19,21,23,25-29,31-32H2,1-3H3. The predicted molar refractivity (Wildman–Crippen MR) is 217 cm³/mol. The van der Waals surface area contributed by atoms with Crippen molar-refractivity contribution in [2.45, 2.75) is 84.9 Å². The summed E-state index contributed by atoms with van der Waals surface area (Å²) in [6, 6.07) is 20.2. The Bertz CT molecular complexity index is 1770. The third-order valence-electron chi connectivity index (χ3n) is 9.36. The second-order valence-electron chi connectivity index (χ2n) is 13.3. The number of carbonyl (C=O) groups is 1. The lowest BCUT2D eigenvalue weighted by molar-refractivity contribution is -0.130. The maximum atomic E-state index is 13.1. The number of aromatic nitrogens is 1. The van der Waals surface area contributed by atoms with Gasteiger partial charge in [0.15, 0.2) is 0 Å². The summed E-state index contributed by atoms with van der Waals surface area (Å²) in [5, 5.41) is 12.1. The average molecular weight is 720 g/mol. The molecule has 0 bridgehead atoms. The van der Waals surface area contributed by atoms with Gasteiger partial charge < -0.3 is 10.0 Å². The van der Waals surface area contributed by atoms with Crippen LogP contribution in [0.3, 0.4) is 0 Å². The number of thioether (sulfide) groups is 1. The molecule has 2 aliphatic rings. The molecular weight excluding hydrogens is 667 g/mol. The predicted octanol–water partition coefficient (Wildman–Crippen LogP) is 10.3. The Morgan fingerprint density at radius 2 is 1.53 bits per heavy atom. The molecule has 0 spiro atoms. The summed E-state index contributed by atoms with van der Waals surface area (Å²) < 4.78 is 0. The number of nitrogens with zero attached hydrogens (tertiary/aromatic N) is 3. The summed E-state index contributed by atoms with van der Waals surface area (Å²) in [5.41, 5.74) is 7.70. The van der Waals surface area contributed by atoms with E-state index >= 15 is 0 Å². The van der Waals surface area contributed by atoms with Gasteiger partial charge in [-0.05, 0) is 78.9 Å². The Hall–Kier alpha value is -3.75. The van der Waals surface area contributed by atoms with Crippen LogP contribution in [0, 0.1) is 0 Å². The number of thiazole rings is 1. The van der Waals surface area contributed by atoms with Crippen LogP contribution in [0.15, 0.2) is 130 Å². The van der Waals surface area contributed by atoms with Crippen LogP contribution >= 0.6 is 23.1 Å². The van der Waals surface area contributed by atoms with Crippen LogP contribution in [0.2, 0.25) is 0 Å². The molecule has 7 heteroatoms. The van der Waals surface area contributed by atoms with E-state index < -0.39 is 6.23 Å². The van der Waals surface area contributed by atoms with Crippen molar-refractivity contribution in [1.29, 1.82) is 0 Å². The van der Waals surface area contributed by atoms with Gasteiger partial charge in [0, 0.05) is 35.5 Å². The molecule has 3 aromatic rings. The van der Waals surface area contributed by atoms with Crippen LogP contribution < -0.4 is 0 Å². The molecule has 1 heterocycles. The molecule has 0 saturated carbocycles. The fourth-order valence-electron chi connectivity index (χ4n) is 6.66. The van der Waals surface area contributed by atoms with Gasteiger partial charge in [0.1, 0.15) is 11.2 Å². The minimum atomic E-state index is -0.532. The van der Waals surface area contributed by atoms with Gasteiger partial charge in [-0.15, -0.1) is 11.3 Å². The van der Waals surface area contributed by atoms with Gasteiger partial charge in [0.25, 0.3) is 0 Å². The maximum absolute atomic E-state index is 13.1. The van der Waals surface area contributed by atoms with E-state index in [2.05, 4.69) is 74.8 Å². The van der Waals surface area contributed by atoms with Crippen molar-refractivity contribution < 1.29 is 9.90 Å². The first-order valence-corrected chi connectivity index (χ1v) is 20.0. The Kier molecular flexibility index (Phi) is 14.9. The van der Waals surface area contributed by atoms with E-state index in [-0.39, 0.29) is 5.91 Å². The van der Waals surface area contributed by atoms with Crippen LogP contribution in [0.1, 0.15) is 80.3 Å². The van der Waals surface area contributed by atoms with Gasteiger partial charge in [-0.3, -0.25) is 9.69 Å². The molecule has 2 aliphatic carbocycles. The zero-order valence-corrected chi connectivity index (χ0v) is 32.2. The Morgan fingerprint density at radius 1 is 0.902 bits per heavy atom. The van der Waals surface area contributed by atoms with Crippen LogP contribution in [-0.4, -0.2) is 51.7 Å². The quantitative estimate of drug-likeness (QED) is 0.133. The number of hydrogen-bond acceptors (Lipinski definition) is 6. The molecule has 0 saturated heterocycles. The largest absolute Gasteiger partial charge is 0.378 e. The lowest BCUT2D eigenvalue weighted by atomic mass is 9.87. The molecule has 0 aliphatic heterocycles. The highest BCUT2D eigenvalue weighted by molar-refractivity contribution is 8.07. The molecule has 0 radical (unpaired) electrons. The van der Waals surface area contributed by atoms with Crippen molar-refractivity contribution in [3.8, 4) is 0 Å². The summed E-state index contributed by atoms with van der Waals surface area (Å²) >= 11 is 3.45. The van der Waals surface area contributed by atoms with Crippen molar-refractivity contribution >= 4 is 34.6 Å². The number of aliphatic hydroxyl groups is 1. The van der Waals surface area contributed by atoms with Crippen LogP contribution in [0.4, 0.5) is 0 Å². The van der Waals surface area contributed by atoms with Gasteiger partial charge in [-0.1, -0.05) is 123 Å². The fraction of sp³-hybridized carbons (Fsp3) is 0.364. The summed E-state index contributed by atoms with van der Waals surface area (Å²) in [6.07, 6.45) is 19.8. The maximum Gasteiger partial charge on any atom is 0.227 e. The third-order valence-corrected chi connectivity index (χ3v) is 11.6. The van der Waals surface area contributed by atoms with Crippen molar-refractivity contribution in [2.24, 2.45) is 0 Å². The molecule has 1 atom stereocenters. The minimum Gasteiger partial charge on any atom is -0.378 e. The molecule has 1 aromatic heterocycles. The number of amides is 1. The van der Waals surface area contributed by atoms with Gasteiger partial charge in [-0.2, -0.15) is 0 Å². The van der Waals surface area contributed by atoms with Crippen molar-refractivity contribution in [3.05, 3.63) is 151 Å². The molecule has 5 nitrogen and oxygen atoms in total. The van der Waals surface area contributed by atoms with E-state index in [1.54, 1.807) is 23.1 Å². The summed E-state index contributed by atoms with van der Waals surface area (Å²) in [6.45, 7) is 13.5.